The van der Waals surface area contributed by atoms with Gasteiger partial charge in [0.15, 0.2) is 11.6 Å². The van der Waals surface area contributed by atoms with Gasteiger partial charge in [-0.25, -0.2) is 9.97 Å². The maximum atomic E-state index is 4.42. The van der Waals surface area contributed by atoms with Gasteiger partial charge in [0.2, 0.25) is 0 Å². The van der Waals surface area contributed by atoms with Crippen molar-refractivity contribution in [2.24, 2.45) is 0 Å². The van der Waals surface area contributed by atoms with Crippen LogP contribution in [0.25, 0.3) is 11.0 Å². The fourth-order valence-corrected chi connectivity index (χ4v) is 1.46. The van der Waals surface area contributed by atoms with Crippen molar-refractivity contribution >= 4 is 22.7 Å². The first-order valence-corrected chi connectivity index (χ1v) is 4.18. The van der Waals surface area contributed by atoms with Gasteiger partial charge in [-0.3, -0.25) is 0 Å². The normalized spacial score (nSPS) is 13.5. The SMILES string of the molecule is c1ccc2nc3c(nc2c1)NCN3. The van der Waals surface area contributed by atoms with Gasteiger partial charge >= 0.3 is 0 Å². The summed E-state index contributed by atoms with van der Waals surface area (Å²) in [5, 5.41) is 6.22. The molecule has 64 valence electrons. The van der Waals surface area contributed by atoms with Gasteiger partial charge in [-0.05, 0) is 12.1 Å². The lowest BCUT2D eigenvalue weighted by Crippen LogP contribution is -1.99. The Labute approximate surface area is 75.0 Å². The van der Waals surface area contributed by atoms with Crippen LogP contribution in [0.15, 0.2) is 24.3 Å². The molecule has 0 bridgehead atoms. The van der Waals surface area contributed by atoms with Gasteiger partial charge in [0.05, 0.1) is 17.7 Å². The van der Waals surface area contributed by atoms with Crippen LogP contribution in [0.4, 0.5) is 11.6 Å². The van der Waals surface area contributed by atoms with Crippen LogP contribution in [0.5, 0.6) is 0 Å². The topological polar surface area (TPSA) is 49.8 Å². The number of para-hydroxylation sites is 2. The van der Waals surface area contributed by atoms with Crippen molar-refractivity contribution in [1.29, 1.82) is 0 Å². The van der Waals surface area contributed by atoms with Crippen molar-refractivity contribution in [2.75, 3.05) is 17.3 Å². The predicted molar refractivity (Wildman–Crippen MR) is 51.7 cm³/mol. The summed E-state index contributed by atoms with van der Waals surface area (Å²) in [5.41, 5.74) is 1.86. The van der Waals surface area contributed by atoms with Crippen LogP contribution >= 0.6 is 0 Å². The fraction of sp³-hybridized carbons (Fsp3) is 0.111. The molecule has 3 rings (SSSR count). The van der Waals surface area contributed by atoms with E-state index < -0.39 is 0 Å². The number of rotatable bonds is 0. The molecule has 1 aromatic heterocycles. The highest BCUT2D eigenvalue weighted by Crippen LogP contribution is 2.23. The van der Waals surface area contributed by atoms with Crippen LogP contribution in [0, 0.1) is 0 Å². The van der Waals surface area contributed by atoms with E-state index in [9.17, 15) is 0 Å². The lowest BCUT2D eigenvalue weighted by molar-refractivity contribution is 1.28. The van der Waals surface area contributed by atoms with Crippen molar-refractivity contribution < 1.29 is 0 Å². The van der Waals surface area contributed by atoms with Crippen LogP contribution in [0.3, 0.4) is 0 Å². The molecule has 0 saturated heterocycles. The minimum Gasteiger partial charge on any atom is -0.350 e. The fourth-order valence-electron chi connectivity index (χ4n) is 1.46. The van der Waals surface area contributed by atoms with Crippen molar-refractivity contribution in [3.05, 3.63) is 24.3 Å². The van der Waals surface area contributed by atoms with E-state index in [-0.39, 0.29) is 0 Å². The van der Waals surface area contributed by atoms with E-state index in [2.05, 4.69) is 20.6 Å². The molecule has 13 heavy (non-hydrogen) atoms. The maximum Gasteiger partial charge on any atom is 0.171 e. The Bertz CT molecular complexity index is 424. The van der Waals surface area contributed by atoms with E-state index >= 15 is 0 Å². The standard InChI is InChI=1S/C9H8N4/c1-2-4-7-6(3-1)12-8-9(13-7)11-5-10-8/h1-4H,5H2,(H,10,12)(H,11,13). The molecule has 0 atom stereocenters. The zero-order valence-corrected chi connectivity index (χ0v) is 6.91. The molecular formula is C9H8N4. The first kappa shape index (κ1) is 6.65. The molecule has 0 unspecified atom stereocenters. The summed E-state index contributed by atoms with van der Waals surface area (Å²) < 4.78 is 0. The van der Waals surface area contributed by atoms with E-state index in [4.69, 9.17) is 0 Å². The number of fused-ring (bicyclic) bond motifs is 2. The summed E-state index contributed by atoms with van der Waals surface area (Å²) in [6.07, 6.45) is 0. The van der Waals surface area contributed by atoms with Gasteiger partial charge < -0.3 is 10.6 Å². The Morgan fingerprint density at radius 2 is 1.46 bits per heavy atom. The Morgan fingerprint density at radius 3 is 2.00 bits per heavy atom. The molecule has 0 saturated carbocycles. The van der Waals surface area contributed by atoms with Crippen LogP contribution in [0.1, 0.15) is 0 Å². The maximum absolute atomic E-state index is 4.42. The smallest absolute Gasteiger partial charge is 0.171 e. The molecule has 2 heterocycles. The minimum atomic E-state index is 0.714. The third-order valence-electron chi connectivity index (χ3n) is 2.08. The molecular weight excluding hydrogens is 164 g/mol. The first-order chi connectivity index (χ1) is 6.43. The highest BCUT2D eigenvalue weighted by Gasteiger charge is 2.12. The third kappa shape index (κ3) is 0.917. The zero-order chi connectivity index (χ0) is 8.67. The second-order valence-electron chi connectivity index (χ2n) is 2.94. The Hall–Kier alpha value is -1.84. The Kier molecular flexibility index (Phi) is 1.19. The van der Waals surface area contributed by atoms with Crippen LogP contribution in [-0.2, 0) is 0 Å². The highest BCUT2D eigenvalue weighted by atomic mass is 15.2. The van der Waals surface area contributed by atoms with Gasteiger partial charge in [0.25, 0.3) is 0 Å². The molecule has 1 aliphatic rings. The molecule has 4 heteroatoms. The summed E-state index contributed by atoms with van der Waals surface area (Å²) in [5.74, 6) is 1.69. The van der Waals surface area contributed by atoms with Gasteiger partial charge in [0, 0.05) is 0 Å². The Morgan fingerprint density at radius 1 is 0.923 bits per heavy atom. The lowest BCUT2D eigenvalue weighted by Gasteiger charge is -1.99. The number of hydrogen-bond donors (Lipinski definition) is 2. The van der Waals surface area contributed by atoms with Crippen molar-refractivity contribution in [1.82, 2.24) is 9.97 Å². The monoisotopic (exact) mass is 172 g/mol. The number of benzene rings is 1. The summed E-state index contributed by atoms with van der Waals surface area (Å²) in [6, 6.07) is 7.85. The summed E-state index contributed by atoms with van der Waals surface area (Å²) in [6.45, 7) is 0.714. The quantitative estimate of drug-likeness (QED) is 0.631. The van der Waals surface area contributed by atoms with Crippen LogP contribution in [-0.4, -0.2) is 16.6 Å². The first-order valence-electron chi connectivity index (χ1n) is 4.18. The van der Waals surface area contributed by atoms with Crippen molar-refractivity contribution in [2.45, 2.75) is 0 Å². The van der Waals surface area contributed by atoms with Crippen LogP contribution < -0.4 is 10.6 Å². The Balaban J connectivity index is 2.36. The van der Waals surface area contributed by atoms with Gasteiger partial charge in [-0.1, -0.05) is 12.1 Å². The molecule has 0 fully saturated rings. The molecule has 0 spiro atoms. The minimum absolute atomic E-state index is 0.714. The second kappa shape index (κ2) is 2.32. The number of anilines is 2. The molecule has 4 nitrogen and oxygen atoms in total. The predicted octanol–water partition coefficient (Wildman–Crippen LogP) is 1.42. The van der Waals surface area contributed by atoms with E-state index in [0.717, 1.165) is 22.7 Å². The van der Waals surface area contributed by atoms with E-state index in [1.165, 1.54) is 0 Å². The highest BCUT2D eigenvalue weighted by molar-refractivity contribution is 5.81. The summed E-state index contributed by atoms with van der Waals surface area (Å²) in [7, 11) is 0. The molecule has 0 aliphatic carbocycles. The van der Waals surface area contributed by atoms with Crippen molar-refractivity contribution in [3.63, 3.8) is 0 Å². The largest absolute Gasteiger partial charge is 0.350 e. The molecule has 0 radical (unpaired) electrons. The second-order valence-corrected chi connectivity index (χ2v) is 2.94. The van der Waals surface area contributed by atoms with Crippen LogP contribution in [0.2, 0.25) is 0 Å². The number of nitrogens with one attached hydrogen (secondary N) is 2. The molecule has 2 N–H and O–H groups in total. The zero-order valence-electron chi connectivity index (χ0n) is 6.91. The van der Waals surface area contributed by atoms with E-state index in [1.807, 2.05) is 24.3 Å². The van der Waals surface area contributed by atoms with Crippen molar-refractivity contribution in [3.8, 4) is 0 Å². The van der Waals surface area contributed by atoms with E-state index in [1.54, 1.807) is 0 Å². The van der Waals surface area contributed by atoms with E-state index in [0.29, 0.717) is 6.67 Å². The van der Waals surface area contributed by atoms with Gasteiger partial charge in [-0.15, -0.1) is 0 Å². The number of nitrogens with zero attached hydrogens (tertiary/aromatic N) is 2. The summed E-state index contributed by atoms with van der Waals surface area (Å²) >= 11 is 0. The third-order valence-corrected chi connectivity index (χ3v) is 2.08. The summed E-state index contributed by atoms with van der Waals surface area (Å²) in [4.78, 5) is 8.84. The lowest BCUT2D eigenvalue weighted by atomic mass is 10.3. The average Bonchev–Trinajstić information content (AvgIpc) is 2.61. The van der Waals surface area contributed by atoms with Gasteiger partial charge in [-0.2, -0.15) is 0 Å². The van der Waals surface area contributed by atoms with Gasteiger partial charge in [0.1, 0.15) is 0 Å². The number of hydrogen-bond acceptors (Lipinski definition) is 4. The molecule has 1 aliphatic heterocycles. The molecule has 0 amide bonds. The number of aromatic nitrogens is 2. The average molecular weight is 172 g/mol. The molecule has 1 aromatic carbocycles. The molecule has 2 aromatic rings.